The van der Waals surface area contributed by atoms with E-state index >= 15 is 0 Å². The Morgan fingerprint density at radius 1 is 1.07 bits per heavy atom. The predicted octanol–water partition coefficient (Wildman–Crippen LogP) is 2.94. The standard InChI is InChI=1S/C21H21FN2O4/c22-17-2-1-3-18(13-17)23-20(27)15-8-10-24(11-9-15)21(28)16-6-4-14(5-7-16)12-19(25)26/h1-7,13,15H,8-12H2,(H,23,27)(H,25,26). The highest BCUT2D eigenvalue weighted by Gasteiger charge is 2.28. The Labute approximate surface area is 162 Å². The van der Waals surface area contributed by atoms with Crippen molar-refractivity contribution in [1.82, 2.24) is 4.90 Å². The van der Waals surface area contributed by atoms with Crippen molar-refractivity contribution in [3.05, 3.63) is 65.5 Å². The van der Waals surface area contributed by atoms with E-state index in [9.17, 15) is 18.8 Å². The van der Waals surface area contributed by atoms with Gasteiger partial charge in [-0.25, -0.2) is 4.39 Å². The lowest BCUT2D eigenvalue weighted by Crippen LogP contribution is -2.41. The molecule has 0 aliphatic carbocycles. The number of amides is 2. The van der Waals surface area contributed by atoms with Crippen molar-refractivity contribution in [3.8, 4) is 0 Å². The van der Waals surface area contributed by atoms with E-state index in [-0.39, 0.29) is 24.2 Å². The molecule has 0 unspecified atom stereocenters. The Hall–Kier alpha value is -3.22. The summed E-state index contributed by atoms with van der Waals surface area (Å²) in [7, 11) is 0. The molecule has 6 nitrogen and oxygen atoms in total. The maximum atomic E-state index is 13.2. The summed E-state index contributed by atoms with van der Waals surface area (Å²) >= 11 is 0. The lowest BCUT2D eigenvalue weighted by molar-refractivity contribution is -0.136. The van der Waals surface area contributed by atoms with Gasteiger partial charge in [-0.05, 0) is 48.7 Å². The van der Waals surface area contributed by atoms with Crippen molar-refractivity contribution in [3.63, 3.8) is 0 Å². The summed E-state index contributed by atoms with van der Waals surface area (Å²) in [6.45, 7) is 0.911. The minimum Gasteiger partial charge on any atom is -0.481 e. The number of anilines is 1. The van der Waals surface area contributed by atoms with Crippen molar-refractivity contribution in [1.29, 1.82) is 0 Å². The second-order valence-electron chi connectivity index (χ2n) is 6.83. The summed E-state index contributed by atoms with van der Waals surface area (Å²) in [6, 6.07) is 12.3. The molecule has 1 aliphatic heterocycles. The third kappa shape index (κ3) is 4.94. The van der Waals surface area contributed by atoms with Gasteiger partial charge in [0, 0.05) is 30.3 Å². The summed E-state index contributed by atoms with van der Waals surface area (Å²) in [5.74, 6) is -1.86. The van der Waals surface area contributed by atoms with Crippen LogP contribution in [0.15, 0.2) is 48.5 Å². The van der Waals surface area contributed by atoms with Gasteiger partial charge in [0.15, 0.2) is 0 Å². The number of hydrogen-bond acceptors (Lipinski definition) is 3. The smallest absolute Gasteiger partial charge is 0.307 e. The summed E-state index contributed by atoms with van der Waals surface area (Å²) in [5, 5.41) is 11.5. The number of carboxylic acids is 1. The molecule has 2 aromatic rings. The van der Waals surface area contributed by atoms with Crippen LogP contribution in [0.3, 0.4) is 0 Å². The van der Waals surface area contributed by atoms with E-state index in [1.807, 2.05) is 0 Å². The zero-order valence-electron chi connectivity index (χ0n) is 15.2. The largest absolute Gasteiger partial charge is 0.481 e. The number of benzene rings is 2. The van der Waals surface area contributed by atoms with Crippen LogP contribution in [0.25, 0.3) is 0 Å². The molecule has 28 heavy (non-hydrogen) atoms. The second-order valence-corrected chi connectivity index (χ2v) is 6.83. The van der Waals surface area contributed by atoms with Crippen LogP contribution >= 0.6 is 0 Å². The Bertz CT molecular complexity index is 874. The fraction of sp³-hybridized carbons (Fsp3) is 0.286. The molecule has 0 radical (unpaired) electrons. The van der Waals surface area contributed by atoms with E-state index in [1.165, 1.54) is 18.2 Å². The maximum Gasteiger partial charge on any atom is 0.307 e. The number of hydrogen-bond donors (Lipinski definition) is 2. The summed E-state index contributed by atoms with van der Waals surface area (Å²) in [4.78, 5) is 37.4. The average molecular weight is 384 g/mol. The number of carbonyl (C=O) groups is 3. The van der Waals surface area contributed by atoms with E-state index < -0.39 is 11.8 Å². The van der Waals surface area contributed by atoms with Gasteiger partial charge < -0.3 is 15.3 Å². The molecule has 0 atom stereocenters. The first-order valence-electron chi connectivity index (χ1n) is 9.09. The topological polar surface area (TPSA) is 86.7 Å². The molecule has 2 N–H and O–H groups in total. The fourth-order valence-electron chi connectivity index (χ4n) is 3.28. The highest BCUT2D eigenvalue weighted by atomic mass is 19.1. The highest BCUT2D eigenvalue weighted by Crippen LogP contribution is 2.21. The van der Waals surface area contributed by atoms with Crippen LogP contribution in [-0.4, -0.2) is 40.9 Å². The number of rotatable bonds is 5. The normalized spacial score (nSPS) is 14.5. The van der Waals surface area contributed by atoms with Gasteiger partial charge in [0.25, 0.3) is 5.91 Å². The van der Waals surface area contributed by atoms with Crippen molar-refractivity contribution in [2.75, 3.05) is 18.4 Å². The van der Waals surface area contributed by atoms with Gasteiger partial charge in [-0.1, -0.05) is 18.2 Å². The molecule has 2 aromatic carbocycles. The predicted molar refractivity (Wildman–Crippen MR) is 101 cm³/mol. The van der Waals surface area contributed by atoms with Crippen LogP contribution in [0.5, 0.6) is 0 Å². The summed E-state index contributed by atoms with van der Waals surface area (Å²) < 4.78 is 13.2. The molecule has 3 rings (SSSR count). The first kappa shape index (κ1) is 19.5. The van der Waals surface area contributed by atoms with Crippen molar-refractivity contribution >= 4 is 23.5 Å². The molecule has 0 spiro atoms. The number of piperidine rings is 1. The van der Waals surface area contributed by atoms with Gasteiger partial charge in [0.2, 0.25) is 5.91 Å². The van der Waals surface area contributed by atoms with E-state index in [0.29, 0.717) is 42.7 Å². The van der Waals surface area contributed by atoms with E-state index in [1.54, 1.807) is 35.2 Å². The molecular formula is C21H21FN2O4. The van der Waals surface area contributed by atoms with Crippen LogP contribution in [-0.2, 0) is 16.0 Å². The van der Waals surface area contributed by atoms with Gasteiger partial charge in [0.05, 0.1) is 6.42 Å². The zero-order valence-corrected chi connectivity index (χ0v) is 15.2. The minimum atomic E-state index is -0.919. The average Bonchev–Trinajstić information content (AvgIpc) is 2.68. The van der Waals surface area contributed by atoms with Crippen LogP contribution < -0.4 is 5.32 Å². The van der Waals surface area contributed by atoms with E-state index in [0.717, 1.165) is 0 Å². The molecule has 2 amide bonds. The first-order valence-corrected chi connectivity index (χ1v) is 9.09. The molecule has 7 heteroatoms. The first-order chi connectivity index (χ1) is 13.4. The quantitative estimate of drug-likeness (QED) is 0.830. The minimum absolute atomic E-state index is 0.0830. The van der Waals surface area contributed by atoms with Crippen molar-refractivity contribution in [2.24, 2.45) is 5.92 Å². The van der Waals surface area contributed by atoms with E-state index in [2.05, 4.69) is 5.32 Å². The Balaban J connectivity index is 1.53. The molecule has 1 saturated heterocycles. The number of nitrogens with one attached hydrogen (secondary N) is 1. The lowest BCUT2D eigenvalue weighted by atomic mass is 9.95. The SMILES string of the molecule is O=C(O)Cc1ccc(C(=O)N2CCC(C(=O)Nc3cccc(F)c3)CC2)cc1. The van der Waals surface area contributed by atoms with Gasteiger partial charge in [-0.15, -0.1) is 0 Å². The van der Waals surface area contributed by atoms with Crippen molar-refractivity contribution < 1.29 is 23.9 Å². The van der Waals surface area contributed by atoms with Crippen LogP contribution in [0, 0.1) is 11.7 Å². The number of nitrogens with zero attached hydrogens (tertiary/aromatic N) is 1. The van der Waals surface area contributed by atoms with Crippen LogP contribution in [0.1, 0.15) is 28.8 Å². The molecule has 146 valence electrons. The molecule has 1 heterocycles. The highest BCUT2D eigenvalue weighted by molar-refractivity contribution is 5.95. The second kappa shape index (κ2) is 8.65. The monoisotopic (exact) mass is 384 g/mol. The lowest BCUT2D eigenvalue weighted by Gasteiger charge is -2.31. The van der Waals surface area contributed by atoms with Gasteiger partial charge in [-0.3, -0.25) is 14.4 Å². The number of carboxylic acid groups (broad SMARTS) is 1. The Morgan fingerprint density at radius 3 is 2.36 bits per heavy atom. The van der Waals surface area contributed by atoms with Crippen molar-refractivity contribution in [2.45, 2.75) is 19.3 Å². The molecule has 0 saturated carbocycles. The number of carbonyl (C=O) groups excluding carboxylic acids is 2. The van der Waals surface area contributed by atoms with Gasteiger partial charge in [0.1, 0.15) is 5.82 Å². The summed E-state index contributed by atoms with van der Waals surface area (Å²) in [6.07, 6.45) is 0.980. The number of halogens is 1. The van der Waals surface area contributed by atoms with Crippen LogP contribution in [0.4, 0.5) is 10.1 Å². The zero-order chi connectivity index (χ0) is 20.1. The molecule has 0 bridgehead atoms. The molecular weight excluding hydrogens is 363 g/mol. The third-order valence-electron chi connectivity index (χ3n) is 4.80. The third-order valence-corrected chi connectivity index (χ3v) is 4.80. The molecule has 0 aromatic heterocycles. The number of aliphatic carboxylic acids is 1. The maximum absolute atomic E-state index is 13.2. The summed E-state index contributed by atoms with van der Waals surface area (Å²) in [5.41, 5.74) is 1.55. The molecule has 1 aliphatic rings. The Kier molecular flexibility index (Phi) is 6.03. The Morgan fingerprint density at radius 2 is 1.75 bits per heavy atom. The van der Waals surface area contributed by atoms with E-state index in [4.69, 9.17) is 5.11 Å². The molecule has 1 fully saturated rings. The number of likely N-dealkylation sites (tertiary alicyclic amines) is 1. The fourth-order valence-corrected chi connectivity index (χ4v) is 3.28. The van der Waals surface area contributed by atoms with Gasteiger partial charge in [-0.2, -0.15) is 0 Å². The van der Waals surface area contributed by atoms with Crippen LogP contribution in [0.2, 0.25) is 0 Å². The van der Waals surface area contributed by atoms with Gasteiger partial charge >= 0.3 is 5.97 Å².